The number of hydroxylamine groups is 2. The van der Waals surface area contributed by atoms with Crippen molar-refractivity contribution in [1.82, 2.24) is 50.0 Å². The number of terminal acetylenes is 1. The van der Waals surface area contributed by atoms with Crippen LogP contribution in [0.5, 0.6) is 0 Å². The molecule has 5 aromatic carbocycles. The number of carbonyl (C=O) groups is 9. The number of nitrogens with zero attached hydrogens (tertiary/aromatic N) is 8. The molecule has 0 saturated carbocycles. The summed E-state index contributed by atoms with van der Waals surface area (Å²) in [5.41, 5.74) is 3.59. The lowest BCUT2D eigenvalue weighted by Crippen LogP contribution is -2.48. The van der Waals surface area contributed by atoms with E-state index in [1.54, 1.807) is 59.7 Å². The number of ketones is 2. The van der Waals surface area contributed by atoms with Crippen molar-refractivity contribution in [2.24, 2.45) is 23.7 Å². The lowest BCUT2D eigenvalue weighted by Gasteiger charge is -2.40. The number of ether oxygens (including phenoxy) is 5. The van der Waals surface area contributed by atoms with Crippen molar-refractivity contribution in [2.75, 3.05) is 73.1 Å². The van der Waals surface area contributed by atoms with Crippen molar-refractivity contribution in [1.29, 1.82) is 0 Å². The lowest BCUT2D eigenvalue weighted by molar-refractivity contribution is -0.175. The fraction of sp³-hybridized carbons (Fsp3) is 0.558. The van der Waals surface area contributed by atoms with Crippen LogP contribution in [0.4, 0.5) is 24.0 Å². The number of carboxylic acids is 1. The molecule has 5 aliphatic heterocycles. The van der Waals surface area contributed by atoms with E-state index in [1.165, 1.54) is 12.2 Å². The summed E-state index contributed by atoms with van der Waals surface area (Å²) in [6.45, 7) is 41.8. The molecule has 5 saturated heterocycles. The van der Waals surface area contributed by atoms with Crippen molar-refractivity contribution in [3.8, 4) is 12.3 Å². The third-order valence-corrected chi connectivity index (χ3v) is 21.9. The van der Waals surface area contributed by atoms with Crippen LogP contribution in [0, 0.1) is 36.0 Å². The molecule has 6 amide bonds. The number of hydrogen-bond donors (Lipinski definition) is 3. The van der Waals surface area contributed by atoms with Crippen LogP contribution >= 0.6 is 0 Å². The molecule has 0 spiro atoms. The van der Waals surface area contributed by atoms with Gasteiger partial charge >= 0.3 is 36.4 Å². The number of carbonyl (C=O) groups excluding carboxylic acids is 8. The summed E-state index contributed by atoms with van der Waals surface area (Å²) >= 11 is 0. The predicted molar refractivity (Wildman–Crippen MR) is 515 cm³/mol. The molecule has 11 rings (SSSR count). The highest BCUT2D eigenvalue weighted by Crippen LogP contribution is 2.42. The molecule has 6 heterocycles. The molecule has 10 unspecified atom stereocenters. The van der Waals surface area contributed by atoms with E-state index < -0.39 is 52.1 Å². The molecule has 26 nitrogen and oxygen atoms in total. The molecule has 6 aromatic rings. The number of benzene rings is 5. The van der Waals surface area contributed by atoms with Gasteiger partial charge in [-0.25, -0.2) is 29.0 Å². The van der Waals surface area contributed by atoms with Gasteiger partial charge < -0.3 is 63.5 Å². The smallest absolute Gasteiger partial charge is 0.410 e. The number of Topliss-reactive ketones (excluding diaryl/α,β-unsaturated/α-hetero) is 1. The van der Waals surface area contributed by atoms with Crippen LogP contribution in [0.1, 0.15) is 288 Å². The van der Waals surface area contributed by atoms with Gasteiger partial charge in [-0.3, -0.25) is 29.1 Å². The molecule has 1 aromatic heterocycles. The highest BCUT2D eigenvalue weighted by atomic mass is 16.7. The minimum Gasteiger partial charge on any atom is -0.481 e. The number of H-pyrrole nitrogens is 1. The van der Waals surface area contributed by atoms with Crippen LogP contribution in [-0.4, -0.2) is 205 Å². The summed E-state index contributed by atoms with van der Waals surface area (Å²) < 4.78 is 27.8. The van der Waals surface area contributed by atoms with Crippen LogP contribution in [0.2, 0.25) is 0 Å². The Morgan fingerprint density at radius 3 is 0.992 bits per heavy atom. The summed E-state index contributed by atoms with van der Waals surface area (Å²) in [5, 5.41) is 20.7. The fourth-order valence-corrected chi connectivity index (χ4v) is 15.6. The molecule has 718 valence electrons. The minimum absolute atomic E-state index is 0. The normalized spacial score (nSPS) is 20.2. The Morgan fingerprint density at radius 2 is 0.715 bits per heavy atom. The second-order valence-electron chi connectivity index (χ2n) is 37.4. The number of amides is 6. The van der Waals surface area contributed by atoms with Gasteiger partial charge in [0.2, 0.25) is 5.78 Å². The number of allylic oxidation sites excluding steroid dienone is 1. The highest BCUT2D eigenvalue weighted by molar-refractivity contribution is 5.97. The summed E-state index contributed by atoms with van der Waals surface area (Å²) in [7, 11) is 3.04. The maximum absolute atomic E-state index is 12.9. The number of piperidine rings is 5. The van der Waals surface area contributed by atoms with Crippen molar-refractivity contribution in [2.45, 2.75) is 282 Å². The predicted octanol–water partition coefficient (Wildman–Crippen LogP) is 22.0. The quantitative estimate of drug-likeness (QED) is 0.0251. The van der Waals surface area contributed by atoms with Gasteiger partial charge in [0, 0.05) is 88.7 Å². The minimum atomic E-state index is -0.861. The van der Waals surface area contributed by atoms with Crippen LogP contribution in [-0.2, 0) is 47.7 Å². The second-order valence-corrected chi connectivity index (χ2v) is 37.4. The molecule has 10 atom stereocenters. The maximum Gasteiger partial charge on any atom is 0.410 e. The third kappa shape index (κ3) is 37.4. The van der Waals surface area contributed by atoms with Gasteiger partial charge in [0.05, 0.1) is 49.2 Å². The van der Waals surface area contributed by atoms with Gasteiger partial charge in [0.15, 0.2) is 5.78 Å². The Hall–Kier alpha value is -11.0. The monoisotopic (exact) mass is 1800 g/mol. The zero-order chi connectivity index (χ0) is 94.0. The standard InChI is InChI=1S/C23H34N2O3.C19H25N3O2.C19H28N2O4.C19H23NO3.C17H23NO4.C4H11N.3CH4/c1-6-24(7-2)16-15-21(26)19-13-14-20(18-11-9-8-10-12-18)25(17-19)22(27)28-23(3,4)5;1-19(2,3)24-18(23)22-13-15(16-11-12-20-21-16)9-10-17(22)14-7-5-4-6-8-14;1-19(2,3)25-18(23)21-13-15(17(22)20(4)24-5)11-12-16(21)14-9-7-6-8-10-14;1-5-17(21)15-11-12-16(14-9-7-6-8-10-14)20(13-15)18(22)23-19(2,3)4;1-17(2,3)22-16(21)18-11-13(15(19)20)9-10-14(18)12-7-5-4-6-8-12;1-3-5-4-2;;;/h8-12,15-16,19-20H,6-7,13-14,17H2,1-5H3;4-8,11-12,15,17H,9-10,13H2,1-3H3,(H,20,21);6-10,15-16H,11-13H2,1-5H3;1,6-10,15-16H,11-13H2,2-4H3;4-8,13-14H,9-11H2,1-3H3,(H,19,20);5H,3-4H2,1-2H3;3*1H4/b16-15+;;;;;;;;. The van der Waals surface area contributed by atoms with Crippen LogP contribution in [0.25, 0.3) is 0 Å². The Labute approximate surface area is 777 Å². The van der Waals surface area contributed by atoms with E-state index >= 15 is 0 Å². The molecular formula is C104H156N10O16. The summed E-state index contributed by atoms with van der Waals surface area (Å²) in [5.74, 6) is -0.0463. The zero-order valence-corrected chi connectivity index (χ0v) is 79.2. The van der Waals surface area contributed by atoms with Gasteiger partial charge in [0.25, 0.3) is 5.91 Å². The molecular weight excluding hydrogens is 1650 g/mol. The molecule has 5 fully saturated rings. The zero-order valence-electron chi connectivity index (χ0n) is 79.2. The first-order chi connectivity index (χ1) is 59.9. The van der Waals surface area contributed by atoms with Gasteiger partial charge in [-0.05, 0) is 241 Å². The lowest BCUT2D eigenvalue weighted by atomic mass is 9.87. The van der Waals surface area contributed by atoms with E-state index in [2.05, 4.69) is 66.2 Å². The van der Waals surface area contributed by atoms with Gasteiger partial charge in [-0.2, -0.15) is 5.10 Å². The molecule has 26 heteroatoms. The first-order valence-corrected chi connectivity index (χ1v) is 44.9. The Morgan fingerprint density at radius 1 is 0.431 bits per heavy atom. The largest absolute Gasteiger partial charge is 0.481 e. The van der Waals surface area contributed by atoms with Crippen LogP contribution in [0.15, 0.2) is 176 Å². The van der Waals surface area contributed by atoms with E-state index in [0.717, 1.165) is 85.4 Å². The average Bonchev–Trinajstić information content (AvgIpc) is 1.23. The molecule has 0 bridgehead atoms. The van der Waals surface area contributed by atoms with Gasteiger partial charge in [-0.15, -0.1) is 6.42 Å². The van der Waals surface area contributed by atoms with Crippen molar-refractivity contribution in [3.63, 3.8) is 0 Å². The second kappa shape index (κ2) is 53.9. The number of hydrogen-bond acceptors (Lipinski definition) is 18. The number of aromatic amines is 1. The van der Waals surface area contributed by atoms with Crippen LogP contribution in [0.3, 0.4) is 0 Å². The van der Waals surface area contributed by atoms with E-state index in [9.17, 15) is 48.3 Å². The number of likely N-dealkylation sites (tertiary alicyclic amines) is 5. The molecule has 3 N–H and O–H groups in total. The molecule has 5 aliphatic rings. The number of rotatable bonds is 17. The number of aliphatic carboxylic acids is 1. The van der Waals surface area contributed by atoms with Gasteiger partial charge in [0.1, 0.15) is 28.0 Å². The van der Waals surface area contributed by atoms with E-state index in [-0.39, 0.29) is 118 Å². The topological polar surface area (TPSA) is 293 Å². The van der Waals surface area contributed by atoms with Crippen molar-refractivity contribution < 1.29 is 76.8 Å². The van der Waals surface area contributed by atoms with Gasteiger partial charge in [-0.1, -0.05) is 188 Å². The van der Waals surface area contributed by atoms with Crippen LogP contribution < -0.4 is 5.32 Å². The number of nitrogens with one attached hydrogen (secondary N) is 2. The van der Waals surface area contributed by atoms with E-state index in [1.807, 2.05) is 240 Å². The van der Waals surface area contributed by atoms with Crippen molar-refractivity contribution >= 4 is 53.9 Å². The molecule has 0 radical (unpaired) electrons. The Kier molecular flexibility index (Phi) is 46.9. The number of aromatic nitrogens is 2. The summed E-state index contributed by atoms with van der Waals surface area (Å²) in [6, 6.07) is 51.2. The van der Waals surface area contributed by atoms with E-state index in [0.29, 0.717) is 64.7 Å². The summed E-state index contributed by atoms with van der Waals surface area (Å²) in [4.78, 5) is 127. The maximum atomic E-state index is 12.9. The van der Waals surface area contributed by atoms with E-state index in [4.69, 9.17) is 34.9 Å². The Bertz CT molecular complexity index is 4440. The first kappa shape index (κ1) is 113. The molecule has 130 heavy (non-hydrogen) atoms. The Balaban J connectivity index is 0.000000411. The first-order valence-electron chi connectivity index (χ1n) is 44.9. The van der Waals surface area contributed by atoms with Crippen molar-refractivity contribution in [3.05, 3.63) is 210 Å². The summed E-state index contributed by atoms with van der Waals surface area (Å²) in [6.07, 6.45) is 16.1. The SMILES string of the molecule is C.C.C.C#CC(=O)C1CCC(c2ccccc2)N(C(=O)OC(C)(C)C)C1.CC(C)(C)OC(=O)N1CC(C(=O)O)CCC1c1ccccc1.CC(C)(C)OC(=O)N1CC(c2ccn[nH]2)CCC1c1ccccc1.CCN(/C=C/C(=O)C1CCC(c2ccccc2)N(C(=O)OC(C)(C)C)C1)CC.CCNCC.CON(C)C(=O)C1CCC(c2ccccc2)N(C(=O)OC(C)(C)C)C1. The third-order valence-electron chi connectivity index (χ3n) is 21.9. The molecule has 0 aliphatic carbocycles. The number of carboxylic acid groups (broad SMARTS) is 1. The highest BCUT2D eigenvalue weighted by Gasteiger charge is 2.44. The fourth-order valence-electron chi connectivity index (χ4n) is 15.6. The average molecular weight is 1800 g/mol.